The van der Waals surface area contributed by atoms with Crippen LogP contribution in [-0.4, -0.2) is 40.0 Å². The van der Waals surface area contributed by atoms with Crippen molar-refractivity contribution in [2.75, 3.05) is 17.9 Å². The summed E-state index contributed by atoms with van der Waals surface area (Å²) < 4.78 is 32.0. The molecule has 2 aromatic carbocycles. The van der Waals surface area contributed by atoms with Crippen molar-refractivity contribution >= 4 is 27.6 Å². The van der Waals surface area contributed by atoms with Crippen LogP contribution in [0.15, 0.2) is 59.5 Å². The number of nitrogens with zero attached hydrogens (tertiary/aromatic N) is 1. The van der Waals surface area contributed by atoms with E-state index < -0.39 is 28.0 Å². The van der Waals surface area contributed by atoms with Gasteiger partial charge >= 0.3 is 5.97 Å². The zero-order chi connectivity index (χ0) is 20.7. The number of sulfonamides is 1. The molecule has 1 N–H and O–H groups in total. The standard InChI is InChI=1S/C20H24N2O5S/c1-4-13-21-19(23)15(2)27-20(24)16-9-8-12-18(14-16)28(25,26)22(3)17-10-6-5-7-11-17/h5-12,14-15H,4,13H2,1-3H3,(H,21,23). The second kappa shape index (κ2) is 9.36. The van der Waals surface area contributed by atoms with Gasteiger partial charge in [-0.3, -0.25) is 9.10 Å². The van der Waals surface area contributed by atoms with Crippen LogP contribution in [0.1, 0.15) is 30.6 Å². The number of amides is 1. The van der Waals surface area contributed by atoms with E-state index in [0.29, 0.717) is 12.2 Å². The highest BCUT2D eigenvalue weighted by molar-refractivity contribution is 7.92. The molecule has 8 heteroatoms. The molecule has 28 heavy (non-hydrogen) atoms. The van der Waals surface area contributed by atoms with Gasteiger partial charge in [-0.15, -0.1) is 0 Å². The Hall–Kier alpha value is -2.87. The summed E-state index contributed by atoms with van der Waals surface area (Å²) in [5.41, 5.74) is 0.550. The number of para-hydroxylation sites is 1. The monoisotopic (exact) mass is 404 g/mol. The third kappa shape index (κ3) is 5.10. The van der Waals surface area contributed by atoms with E-state index in [1.165, 1.54) is 38.2 Å². The van der Waals surface area contributed by atoms with Crippen LogP contribution < -0.4 is 9.62 Å². The summed E-state index contributed by atoms with van der Waals surface area (Å²) in [6, 6.07) is 14.2. The maximum absolute atomic E-state index is 12.9. The summed E-state index contributed by atoms with van der Waals surface area (Å²) in [4.78, 5) is 24.1. The molecule has 0 aliphatic rings. The number of benzene rings is 2. The predicted octanol–water partition coefficient (Wildman–Crippen LogP) is 2.58. The Balaban J connectivity index is 2.19. The summed E-state index contributed by atoms with van der Waals surface area (Å²) in [7, 11) is -2.42. The van der Waals surface area contributed by atoms with Crippen LogP contribution >= 0.6 is 0 Å². The number of hydrogen-bond donors (Lipinski definition) is 1. The highest BCUT2D eigenvalue weighted by Gasteiger charge is 2.24. The molecular formula is C20H24N2O5S. The van der Waals surface area contributed by atoms with Gasteiger partial charge in [0.2, 0.25) is 0 Å². The molecule has 0 heterocycles. The Labute approximate surface area is 165 Å². The first-order valence-electron chi connectivity index (χ1n) is 8.90. The van der Waals surface area contributed by atoms with Gasteiger partial charge in [-0.2, -0.15) is 0 Å². The first-order valence-corrected chi connectivity index (χ1v) is 10.3. The summed E-state index contributed by atoms with van der Waals surface area (Å²) in [5.74, 6) is -1.17. The van der Waals surface area contributed by atoms with Crippen molar-refractivity contribution in [3.8, 4) is 0 Å². The number of esters is 1. The van der Waals surface area contributed by atoms with E-state index in [1.54, 1.807) is 30.3 Å². The van der Waals surface area contributed by atoms with Crippen LogP contribution in [0.5, 0.6) is 0 Å². The van der Waals surface area contributed by atoms with Crippen molar-refractivity contribution in [3.63, 3.8) is 0 Å². The fourth-order valence-electron chi connectivity index (χ4n) is 2.39. The Morgan fingerprint density at radius 2 is 1.79 bits per heavy atom. The zero-order valence-corrected chi connectivity index (χ0v) is 16.9. The maximum Gasteiger partial charge on any atom is 0.338 e. The summed E-state index contributed by atoms with van der Waals surface area (Å²) >= 11 is 0. The Bertz CT molecular complexity index is 929. The van der Waals surface area contributed by atoms with E-state index in [4.69, 9.17) is 4.74 Å². The number of ether oxygens (including phenoxy) is 1. The Morgan fingerprint density at radius 1 is 1.11 bits per heavy atom. The summed E-state index contributed by atoms with van der Waals surface area (Å²) in [6.07, 6.45) is -0.215. The van der Waals surface area contributed by atoms with Gasteiger partial charge in [-0.25, -0.2) is 13.2 Å². The smallest absolute Gasteiger partial charge is 0.338 e. The van der Waals surface area contributed by atoms with E-state index >= 15 is 0 Å². The minimum absolute atomic E-state index is 0.0450. The fraction of sp³-hybridized carbons (Fsp3) is 0.300. The quantitative estimate of drug-likeness (QED) is 0.683. The van der Waals surface area contributed by atoms with Gasteiger partial charge in [0, 0.05) is 13.6 Å². The van der Waals surface area contributed by atoms with Gasteiger partial charge in [0.05, 0.1) is 16.1 Å². The lowest BCUT2D eigenvalue weighted by Gasteiger charge is -2.20. The normalized spacial score (nSPS) is 12.1. The molecule has 0 radical (unpaired) electrons. The molecule has 1 unspecified atom stereocenters. The molecule has 0 saturated carbocycles. The average Bonchev–Trinajstić information content (AvgIpc) is 2.71. The Morgan fingerprint density at radius 3 is 2.43 bits per heavy atom. The van der Waals surface area contributed by atoms with Gasteiger partial charge in [-0.05, 0) is 43.7 Å². The first-order chi connectivity index (χ1) is 13.3. The van der Waals surface area contributed by atoms with Crippen LogP contribution in [0.4, 0.5) is 5.69 Å². The molecule has 0 aromatic heterocycles. The molecule has 2 aromatic rings. The van der Waals surface area contributed by atoms with Gasteiger partial charge in [-0.1, -0.05) is 31.2 Å². The molecule has 150 valence electrons. The summed E-state index contributed by atoms with van der Waals surface area (Å²) in [6.45, 7) is 3.86. The third-order valence-corrected chi connectivity index (χ3v) is 5.83. The molecular weight excluding hydrogens is 380 g/mol. The lowest BCUT2D eigenvalue weighted by molar-refractivity contribution is -0.129. The van der Waals surface area contributed by atoms with Crippen LogP contribution in [0.2, 0.25) is 0 Å². The lowest BCUT2D eigenvalue weighted by atomic mass is 10.2. The molecule has 2 rings (SSSR count). The largest absolute Gasteiger partial charge is 0.449 e. The molecule has 0 fully saturated rings. The van der Waals surface area contributed by atoms with E-state index in [2.05, 4.69) is 5.32 Å². The fourth-order valence-corrected chi connectivity index (χ4v) is 3.63. The predicted molar refractivity (Wildman–Crippen MR) is 107 cm³/mol. The summed E-state index contributed by atoms with van der Waals surface area (Å²) in [5, 5.41) is 2.64. The number of hydrogen-bond acceptors (Lipinski definition) is 5. The number of anilines is 1. The number of nitrogens with one attached hydrogen (secondary N) is 1. The minimum atomic E-state index is -3.86. The molecule has 1 atom stereocenters. The van der Waals surface area contributed by atoms with E-state index in [0.717, 1.165) is 10.7 Å². The highest BCUT2D eigenvalue weighted by Crippen LogP contribution is 2.22. The van der Waals surface area contributed by atoms with Gasteiger partial charge in [0.15, 0.2) is 6.10 Å². The van der Waals surface area contributed by atoms with Crippen LogP contribution in [0.3, 0.4) is 0 Å². The van der Waals surface area contributed by atoms with Crippen molar-refractivity contribution in [2.45, 2.75) is 31.3 Å². The number of carbonyl (C=O) groups is 2. The molecule has 1 amide bonds. The number of carbonyl (C=O) groups excluding carboxylic acids is 2. The van der Waals surface area contributed by atoms with Crippen molar-refractivity contribution in [2.24, 2.45) is 0 Å². The Kier molecular flexibility index (Phi) is 7.17. The molecule has 0 saturated heterocycles. The highest BCUT2D eigenvalue weighted by atomic mass is 32.2. The SMILES string of the molecule is CCCNC(=O)C(C)OC(=O)c1cccc(S(=O)(=O)N(C)c2ccccc2)c1. The van der Waals surface area contributed by atoms with Gasteiger partial charge in [0.25, 0.3) is 15.9 Å². The van der Waals surface area contributed by atoms with E-state index in [9.17, 15) is 18.0 Å². The average molecular weight is 404 g/mol. The maximum atomic E-state index is 12.9. The first kappa shape index (κ1) is 21.4. The molecule has 0 spiro atoms. The topological polar surface area (TPSA) is 92.8 Å². The van der Waals surface area contributed by atoms with E-state index in [1.807, 2.05) is 6.92 Å². The van der Waals surface area contributed by atoms with Crippen LogP contribution in [-0.2, 0) is 19.6 Å². The number of rotatable bonds is 8. The van der Waals surface area contributed by atoms with Crippen molar-refractivity contribution in [1.29, 1.82) is 0 Å². The van der Waals surface area contributed by atoms with Gasteiger partial charge in [0.1, 0.15) is 0 Å². The molecule has 0 bridgehead atoms. The van der Waals surface area contributed by atoms with Gasteiger partial charge < -0.3 is 10.1 Å². The molecule has 0 aliphatic heterocycles. The van der Waals surface area contributed by atoms with Crippen LogP contribution in [0, 0.1) is 0 Å². The van der Waals surface area contributed by atoms with E-state index in [-0.39, 0.29) is 10.5 Å². The second-order valence-corrected chi connectivity index (χ2v) is 8.14. The second-order valence-electron chi connectivity index (χ2n) is 6.17. The van der Waals surface area contributed by atoms with Crippen molar-refractivity contribution < 1.29 is 22.7 Å². The molecule has 7 nitrogen and oxygen atoms in total. The van der Waals surface area contributed by atoms with Crippen LogP contribution in [0.25, 0.3) is 0 Å². The zero-order valence-electron chi connectivity index (χ0n) is 16.1. The van der Waals surface area contributed by atoms with Crippen molar-refractivity contribution in [1.82, 2.24) is 5.32 Å². The minimum Gasteiger partial charge on any atom is -0.449 e. The lowest BCUT2D eigenvalue weighted by Crippen LogP contribution is -2.36. The third-order valence-electron chi connectivity index (χ3n) is 4.05. The molecule has 0 aliphatic carbocycles. The van der Waals surface area contributed by atoms with Crippen molar-refractivity contribution in [3.05, 3.63) is 60.2 Å².